The Morgan fingerprint density at radius 2 is 2.16 bits per heavy atom. The van der Waals surface area contributed by atoms with Gasteiger partial charge in [0, 0.05) is 34.5 Å². The van der Waals surface area contributed by atoms with Crippen LogP contribution in [0.25, 0.3) is 10.9 Å². The number of nitrogens with zero attached hydrogens (tertiary/aromatic N) is 1. The van der Waals surface area contributed by atoms with Gasteiger partial charge in [0.25, 0.3) is 0 Å². The molecule has 1 heterocycles. The lowest BCUT2D eigenvalue weighted by molar-refractivity contribution is 0.602. The number of aromatic nitrogens is 1. The molecule has 0 spiro atoms. The predicted molar refractivity (Wildman–Crippen MR) is 82.1 cm³/mol. The summed E-state index contributed by atoms with van der Waals surface area (Å²) in [5.41, 5.74) is 8.06. The molecule has 0 aliphatic carbocycles. The quantitative estimate of drug-likeness (QED) is 0.829. The van der Waals surface area contributed by atoms with Crippen molar-refractivity contribution in [2.24, 2.45) is 0 Å². The second-order valence-corrected chi connectivity index (χ2v) is 7.48. The first kappa shape index (κ1) is 14.1. The number of sulfone groups is 1. The van der Waals surface area contributed by atoms with Crippen molar-refractivity contribution in [3.8, 4) is 0 Å². The number of nitrogen functional groups attached to an aromatic ring is 1. The summed E-state index contributed by atoms with van der Waals surface area (Å²) in [5.74, 6) is 0.0788. The predicted octanol–water partition coefficient (Wildman–Crippen LogP) is 2.04. The zero-order valence-electron chi connectivity index (χ0n) is 10.4. The minimum Gasteiger partial charge on any atom is -0.398 e. The van der Waals surface area contributed by atoms with Crippen LogP contribution in [-0.4, -0.2) is 32.0 Å². The SMILES string of the molecule is CS(=O)(=O)CCNc1ccc(N)c2cc(Br)cnc12. The summed E-state index contributed by atoms with van der Waals surface area (Å²) in [6, 6.07) is 5.47. The van der Waals surface area contributed by atoms with Gasteiger partial charge in [0.2, 0.25) is 0 Å². The molecule has 0 bridgehead atoms. The van der Waals surface area contributed by atoms with E-state index in [4.69, 9.17) is 5.73 Å². The summed E-state index contributed by atoms with van der Waals surface area (Å²) in [6.07, 6.45) is 2.90. The van der Waals surface area contributed by atoms with Gasteiger partial charge in [-0.1, -0.05) is 0 Å². The van der Waals surface area contributed by atoms with E-state index < -0.39 is 9.84 Å². The molecule has 1 aromatic heterocycles. The van der Waals surface area contributed by atoms with Crippen LogP contribution in [0.15, 0.2) is 28.9 Å². The topological polar surface area (TPSA) is 85.1 Å². The molecule has 0 aliphatic rings. The zero-order chi connectivity index (χ0) is 14.0. The average molecular weight is 344 g/mol. The highest BCUT2D eigenvalue weighted by molar-refractivity contribution is 9.10. The Hall–Kier alpha value is -1.34. The molecule has 7 heteroatoms. The first-order valence-electron chi connectivity index (χ1n) is 5.62. The maximum Gasteiger partial charge on any atom is 0.149 e. The van der Waals surface area contributed by atoms with Crippen LogP contribution in [0.5, 0.6) is 0 Å². The van der Waals surface area contributed by atoms with E-state index in [0.717, 1.165) is 21.1 Å². The largest absolute Gasteiger partial charge is 0.398 e. The lowest BCUT2D eigenvalue weighted by Gasteiger charge is -2.10. The number of fused-ring (bicyclic) bond motifs is 1. The third-order valence-corrected chi connectivity index (χ3v) is 4.02. The molecule has 0 radical (unpaired) electrons. The van der Waals surface area contributed by atoms with Crippen LogP contribution in [0.4, 0.5) is 11.4 Å². The monoisotopic (exact) mass is 343 g/mol. The van der Waals surface area contributed by atoms with Gasteiger partial charge < -0.3 is 11.1 Å². The van der Waals surface area contributed by atoms with Crippen LogP contribution >= 0.6 is 15.9 Å². The van der Waals surface area contributed by atoms with E-state index in [9.17, 15) is 8.42 Å². The highest BCUT2D eigenvalue weighted by Gasteiger charge is 2.07. The minimum absolute atomic E-state index is 0.0788. The van der Waals surface area contributed by atoms with Gasteiger partial charge in [-0.05, 0) is 34.1 Å². The fourth-order valence-corrected chi connectivity index (χ4v) is 2.53. The minimum atomic E-state index is -2.98. The Bertz CT molecular complexity index is 716. The van der Waals surface area contributed by atoms with E-state index in [1.54, 1.807) is 18.3 Å². The molecule has 0 amide bonds. The maximum absolute atomic E-state index is 11.1. The van der Waals surface area contributed by atoms with Gasteiger partial charge in [-0.15, -0.1) is 0 Å². The Morgan fingerprint density at radius 1 is 1.42 bits per heavy atom. The van der Waals surface area contributed by atoms with Crippen LogP contribution in [0.3, 0.4) is 0 Å². The first-order valence-corrected chi connectivity index (χ1v) is 8.47. The Kier molecular flexibility index (Phi) is 3.96. The number of rotatable bonds is 4. The van der Waals surface area contributed by atoms with Crippen molar-refractivity contribution in [1.82, 2.24) is 4.98 Å². The van der Waals surface area contributed by atoms with Gasteiger partial charge in [0.15, 0.2) is 0 Å². The Morgan fingerprint density at radius 3 is 2.84 bits per heavy atom. The highest BCUT2D eigenvalue weighted by Crippen LogP contribution is 2.28. The number of nitrogens with one attached hydrogen (secondary N) is 1. The average Bonchev–Trinajstić information content (AvgIpc) is 2.31. The third kappa shape index (κ3) is 3.57. The lowest BCUT2D eigenvalue weighted by atomic mass is 10.1. The lowest BCUT2D eigenvalue weighted by Crippen LogP contribution is -2.14. The number of pyridine rings is 1. The number of hydrogen-bond donors (Lipinski definition) is 2. The summed E-state index contributed by atoms with van der Waals surface area (Å²) in [4.78, 5) is 4.32. The van der Waals surface area contributed by atoms with E-state index in [1.807, 2.05) is 6.07 Å². The number of anilines is 2. The first-order chi connectivity index (χ1) is 8.87. The number of hydrogen-bond acceptors (Lipinski definition) is 5. The van der Waals surface area contributed by atoms with E-state index in [2.05, 4.69) is 26.2 Å². The molecule has 0 fully saturated rings. The summed E-state index contributed by atoms with van der Waals surface area (Å²) < 4.78 is 23.1. The Balaban J connectivity index is 2.31. The van der Waals surface area contributed by atoms with Crippen molar-refractivity contribution in [3.05, 3.63) is 28.9 Å². The van der Waals surface area contributed by atoms with E-state index in [0.29, 0.717) is 12.2 Å². The van der Waals surface area contributed by atoms with Gasteiger partial charge in [-0.3, -0.25) is 4.98 Å². The summed E-state index contributed by atoms with van der Waals surface area (Å²) >= 11 is 3.35. The van der Waals surface area contributed by atoms with Crippen molar-refractivity contribution in [2.75, 3.05) is 29.6 Å². The Labute approximate surface area is 120 Å². The molecule has 19 heavy (non-hydrogen) atoms. The fraction of sp³-hybridized carbons (Fsp3) is 0.250. The molecule has 0 saturated carbocycles. The molecule has 1 aromatic carbocycles. The molecule has 5 nitrogen and oxygen atoms in total. The second-order valence-electron chi connectivity index (χ2n) is 4.31. The highest BCUT2D eigenvalue weighted by atomic mass is 79.9. The van der Waals surface area contributed by atoms with E-state index >= 15 is 0 Å². The molecule has 102 valence electrons. The van der Waals surface area contributed by atoms with Gasteiger partial charge in [-0.2, -0.15) is 0 Å². The van der Waals surface area contributed by atoms with Gasteiger partial charge in [0.05, 0.1) is 17.0 Å². The molecular formula is C12H14BrN3O2S. The molecular weight excluding hydrogens is 330 g/mol. The smallest absolute Gasteiger partial charge is 0.149 e. The number of halogens is 1. The van der Waals surface area contributed by atoms with Gasteiger partial charge in [-0.25, -0.2) is 8.42 Å². The van der Waals surface area contributed by atoms with Crippen molar-refractivity contribution < 1.29 is 8.42 Å². The maximum atomic E-state index is 11.1. The summed E-state index contributed by atoms with van der Waals surface area (Å²) in [7, 11) is -2.98. The van der Waals surface area contributed by atoms with Crippen molar-refractivity contribution >= 4 is 48.0 Å². The molecule has 3 N–H and O–H groups in total. The van der Waals surface area contributed by atoms with Gasteiger partial charge in [0.1, 0.15) is 9.84 Å². The van der Waals surface area contributed by atoms with E-state index in [1.165, 1.54) is 6.26 Å². The van der Waals surface area contributed by atoms with Crippen LogP contribution in [-0.2, 0) is 9.84 Å². The molecule has 2 aromatic rings. The zero-order valence-corrected chi connectivity index (χ0v) is 12.8. The van der Waals surface area contributed by atoms with Crippen molar-refractivity contribution in [1.29, 1.82) is 0 Å². The fourth-order valence-electron chi connectivity index (χ4n) is 1.73. The standard InChI is InChI=1S/C12H14BrN3O2S/c1-19(17,18)5-4-15-11-3-2-10(14)9-6-8(13)7-16-12(9)11/h2-3,6-7,15H,4-5,14H2,1H3. The number of benzene rings is 1. The van der Waals surface area contributed by atoms with Gasteiger partial charge >= 0.3 is 0 Å². The normalized spacial score (nSPS) is 11.7. The van der Waals surface area contributed by atoms with Crippen LogP contribution in [0, 0.1) is 0 Å². The molecule has 2 rings (SSSR count). The van der Waals surface area contributed by atoms with E-state index in [-0.39, 0.29) is 5.75 Å². The van der Waals surface area contributed by atoms with Crippen molar-refractivity contribution in [3.63, 3.8) is 0 Å². The molecule has 0 saturated heterocycles. The van der Waals surface area contributed by atoms with Crippen LogP contribution < -0.4 is 11.1 Å². The molecule has 0 unspecified atom stereocenters. The second kappa shape index (κ2) is 5.34. The van der Waals surface area contributed by atoms with Crippen molar-refractivity contribution in [2.45, 2.75) is 0 Å². The number of nitrogens with two attached hydrogens (primary N) is 1. The van der Waals surface area contributed by atoms with Crippen LogP contribution in [0.1, 0.15) is 0 Å². The molecule has 0 atom stereocenters. The summed E-state index contributed by atoms with van der Waals surface area (Å²) in [5, 5.41) is 3.91. The van der Waals surface area contributed by atoms with Crippen LogP contribution in [0.2, 0.25) is 0 Å². The third-order valence-electron chi connectivity index (χ3n) is 2.64. The summed E-state index contributed by atoms with van der Waals surface area (Å²) in [6.45, 7) is 0.343. The molecule has 0 aliphatic heterocycles.